The van der Waals surface area contributed by atoms with Crippen LogP contribution in [0.3, 0.4) is 0 Å². The van der Waals surface area contributed by atoms with Crippen LogP contribution in [0.4, 0.5) is 79.0 Å². The molecule has 0 saturated heterocycles. The van der Waals surface area contributed by atoms with Crippen molar-refractivity contribution in [1.29, 1.82) is 0 Å². The third-order valence-corrected chi connectivity index (χ3v) is 10.5. The van der Waals surface area contributed by atoms with E-state index >= 15 is 0 Å². The van der Waals surface area contributed by atoms with Crippen LogP contribution in [0.1, 0.15) is 91.0 Å². The Labute approximate surface area is 360 Å². The fourth-order valence-electron chi connectivity index (χ4n) is 5.82. The average molecular weight is 984 g/mol. The van der Waals surface area contributed by atoms with E-state index in [0.717, 1.165) is 6.08 Å². The lowest BCUT2D eigenvalue weighted by molar-refractivity contribution is -0.399. The summed E-state index contributed by atoms with van der Waals surface area (Å²) in [6.07, 6.45) is -16.4. The summed E-state index contributed by atoms with van der Waals surface area (Å²) in [4.78, 5) is 25.1. The Hall–Kier alpha value is -3.84. The second-order valence-corrected chi connectivity index (χ2v) is 15.8. The zero-order valence-electron chi connectivity index (χ0n) is 35.2. The van der Waals surface area contributed by atoms with Gasteiger partial charge in [-0.15, -0.1) is 0 Å². The lowest BCUT2D eigenvalue weighted by atomic mass is 9.87. The molecular formula is C39H47F18NO7. The standard InChI is InChI=1S/C39H47F18NO7/c1-6-30(2,3)29(60)58-24-10-12-25(13-11-24)65-28(59)15-9-23-8-14-26(61-5)27(22-23)62-19-7-16-31(4,63-20-17-32(40,41)34(44,45)36(48,49)38(52,53)54)64-21-18-33(42,43)35(46,47)37(50,51)39(55,56)57/h8-9,14-15,22,24-25H,6-7,10-13,16-21H2,1-5H3,(H,58,60)/b15-9+. The SMILES string of the molecule is CCC(C)(C)C(=O)NC1CCC(OC(=O)/C=C/c2ccc(OC)c(OCCCC(C)(OCCC(F)(F)C(F)(F)C(F)(F)C(F)(F)F)OCCC(F)(F)C(F)(F)C(F)(F)C(F)(F)F)c2)CC1. The van der Waals surface area contributed by atoms with E-state index in [2.05, 4.69) is 5.32 Å². The summed E-state index contributed by atoms with van der Waals surface area (Å²) in [6.45, 7) is 1.66. The van der Waals surface area contributed by atoms with Crippen LogP contribution >= 0.6 is 0 Å². The molecule has 2 rings (SSSR count). The molecule has 0 aliphatic heterocycles. The molecule has 0 aromatic heterocycles. The minimum absolute atomic E-state index is 0.0313. The van der Waals surface area contributed by atoms with Crippen LogP contribution in [0.2, 0.25) is 0 Å². The molecule has 8 nitrogen and oxygen atoms in total. The van der Waals surface area contributed by atoms with Crippen molar-refractivity contribution >= 4 is 18.0 Å². The normalized spacial score (nSPS) is 17.9. The van der Waals surface area contributed by atoms with Gasteiger partial charge in [0.05, 0.1) is 26.9 Å². The molecule has 65 heavy (non-hydrogen) atoms. The molecule has 0 spiro atoms. The molecule has 1 saturated carbocycles. The molecule has 0 bridgehead atoms. The Balaban J connectivity index is 2.17. The van der Waals surface area contributed by atoms with Gasteiger partial charge in [0.15, 0.2) is 17.3 Å². The number of rotatable bonds is 24. The van der Waals surface area contributed by atoms with Crippen LogP contribution in [0.15, 0.2) is 24.3 Å². The van der Waals surface area contributed by atoms with Gasteiger partial charge in [-0.3, -0.25) is 4.79 Å². The number of benzene rings is 1. The number of hydrogen-bond acceptors (Lipinski definition) is 7. The molecule has 0 radical (unpaired) electrons. The van der Waals surface area contributed by atoms with E-state index in [1.54, 1.807) is 0 Å². The van der Waals surface area contributed by atoms with Crippen molar-refractivity contribution in [2.24, 2.45) is 5.41 Å². The molecule has 376 valence electrons. The number of carbonyl (C=O) groups excluding carboxylic acids is 2. The third kappa shape index (κ3) is 13.9. The van der Waals surface area contributed by atoms with Crippen molar-refractivity contribution in [2.45, 2.75) is 151 Å². The summed E-state index contributed by atoms with van der Waals surface area (Å²) < 4.78 is 266. The topological polar surface area (TPSA) is 92.3 Å². The Morgan fingerprint density at radius 2 is 1.14 bits per heavy atom. The predicted octanol–water partition coefficient (Wildman–Crippen LogP) is 11.7. The highest BCUT2D eigenvalue weighted by Crippen LogP contribution is 2.55. The van der Waals surface area contributed by atoms with E-state index in [1.165, 1.54) is 31.4 Å². The van der Waals surface area contributed by atoms with Gasteiger partial charge in [0.1, 0.15) is 6.10 Å². The number of ether oxygens (including phenoxy) is 5. The van der Waals surface area contributed by atoms with Crippen LogP contribution in [0.5, 0.6) is 11.5 Å². The molecule has 1 aromatic rings. The summed E-state index contributed by atoms with van der Waals surface area (Å²) in [5, 5.41) is 3.00. The van der Waals surface area contributed by atoms with E-state index in [4.69, 9.17) is 23.7 Å². The Morgan fingerprint density at radius 1 is 0.662 bits per heavy atom. The Morgan fingerprint density at radius 3 is 1.57 bits per heavy atom. The van der Waals surface area contributed by atoms with Crippen molar-refractivity contribution in [1.82, 2.24) is 5.32 Å². The first-order valence-corrected chi connectivity index (χ1v) is 19.5. The second-order valence-electron chi connectivity index (χ2n) is 15.8. The molecule has 1 amide bonds. The Bertz CT molecular complexity index is 1700. The smallest absolute Gasteiger partial charge is 0.460 e. The lowest BCUT2D eigenvalue weighted by Crippen LogP contribution is -2.61. The molecule has 1 fully saturated rings. The van der Waals surface area contributed by atoms with Crippen molar-refractivity contribution in [2.75, 3.05) is 26.9 Å². The fraction of sp³-hybridized carbons (Fsp3) is 0.744. The van der Waals surface area contributed by atoms with E-state index in [0.29, 0.717) is 44.6 Å². The molecular weight excluding hydrogens is 936 g/mol. The van der Waals surface area contributed by atoms with E-state index in [9.17, 15) is 88.6 Å². The molecule has 1 aliphatic rings. The summed E-state index contributed by atoms with van der Waals surface area (Å²) in [7, 11) is 1.19. The van der Waals surface area contributed by atoms with Crippen LogP contribution in [0, 0.1) is 5.41 Å². The van der Waals surface area contributed by atoms with Gasteiger partial charge in [-0.25, -0.2) is 4.79 Å². The van der Waals surface area contributed by atoms with Crippen molar-refractivity contribution in [3.05, 3.63) is 29.8 Å². The fourth-order valence-corrected chi connectivity index (χ4v) is 5.82. The maximum atomic E-state index is 14.2. The van der Waals surface area contributed by atoms with Crippen LogP contribution in [-0.4, -0.2) is 105 Å². The summed E-state index contributed by atoms with van der Waals surface area (Å²) in [5.74, 6) is -44.9. The first-order valence-electron chi connectivity index (χ1n) is 19.5. The number of halogens is 18. The summed E-state index contributed by atoms with van der Waals surface area (Å²) >= 11 is 0. The van der Waals surface area contributed by atoms with Crippen LogP contribution in [-0.2, 0) is 23.8 Å². The van der Waals surface area contributed by atoms with E-state index in [1.807, 2.05) is 20.8 Å². The molecule has 0 atom stereocenters. The van der Waals surface area contributed by atoms with Gasteiger partial charge >= 0.3 is 53.9 Å². The maximum absolute atomic E-state index is 14.2. The first-order chi connectivity index (χ1) is 29.3. The zero-order valence-corrected chi connectivity index (χ0v) is 35.2. The van der Waals surface area contributed by atoms with Gasteiger partial charge in [0.25, 0.3) is 0 Å². The molecule has 1 aliphatic carbocycles. The van der Waals surface area contributed by atoms with Gasteiger partial charge in [-0.1, -0.05) is 26.8 Å². The molecule has 0 unspecified atom stereocenters. The number of methoxy groups -OCH3 is 1. The first kappa shape index (κ1) is 57.3. The van der Waals surface area contributed by atoms with Gasteiger partial charge < -0.3 is 29.0 Å². The lowest BCUT2D eigenvalue weighted by Gasteiger charge is -2.36. The van der Waals surface area contributed by atoms with Gasteiger partial charge in [-0.2, -0.15) is 79.0 Å². The highest BCUT2D eigenvalue weighted by atomic mass is 19.4. The van der Waals surface area contributed by atoms with Gasteiger partial charge in [0, 0.05) is 36.8 Å². The molecule has 1 aromatic carbocycles. The largest absolute Gasteiger partial charge is 0.493 e. The van der Waals surface area contributed by atoms with Crippen LogP contribution in [0.25, 0.3) is 6.08 Å². The summed E-state index contributed by atoms with van der Waals surface area (Å²) in [5.41, 5.74) is -0.256. The second kappa shape index (κ2) is 21.0. The number of hydrogen-bond donors (Lipinski definition) is 1. The molecule has 1 N–H and O–H groups in total. The monoisotopic (exact) mass is 983 g/mol. The molecule has 0 heterocycles. The number of alkyl halides is 18. The Kier molecular flexibility index (Phi) is 18.5. The third-order valence-electron chi connectivity index (χ3n) is 10.5. The zero-order chi connectivity index (χ0) is 50.3. The minimum Gasteiger partial charge on any atom is -0.493 e. The highest BCUT2D eigenvalue weighted by molar-refractivity contribution is 5.87. The van der Waals surface area contributed by atoms with Crippen molar-refractivity contribution in [3.63, 3.8) is 0 Å². The van der Waals surface area contributed by atoms with Crippen molar-refractivity contribution < 1.29 is 112 Å². The number of nitrogens with one attached hydrogen (secondary N) is 1. The molecule has 26 heteroatoms. The van der Waals surface area contributed by atoms with Gasteiger partial charge in [0.2, 0.25) is 5.91 Å². The van der Waals surface area contributed by atoms with Crippen molar-refractivity contribution in [3.8, 4) is 11.5 Å². The van der Waals surface area contributed by atoms with E-state index in [-0.39, 0.29) is 23.4 Å². The average Bonchev–Trinajstić information content (AvgIpc) is 3.18. The number of carbonyl (C=O) groups is 2. The predicted molar refractivity (Wildman–Crippen MR) is 192 cm³/mol. The quantitative estimate of drug-likeness (QED) is 0.0363. The van der Waals surface area contributed by atoms with Gasteiger partial charge in [-0.05, 0) is 69.2 Å². The summed E-state index contributed by atoms with van der Waals surface area (Å²) in [6, 6.07) is 4.01. The van der Waals surface area contributed by atoms with Crippen LogP contribution < -0.4 is 14.8 Å². The highest BCUT2D eigenvalue weighted by Gasteiger charge is 2.82. The minimum atomic E-state index is -7.30. The number of esters is 1. The number of amides is 1. The maximum Gasteiger partial charge on any atom is 0.460 e. The van der Waals surface area contributed by atoms with E-state index < -0.39 is 117 Å².